The first-order valence-corrected chi connectivity index (χ1v) is 4.70. The van der Waals surface area contributed by atoms with Crippen molar-refractivity contribution in [1.82, 2.24) is 5.32 Å². The first kappa shape index (κ1) is 9.75. The predicted octanol–water partition coefficient (Wildman–Crippen LogP) is 1.31. The van der Waals surface area contributed by atoms with E-state index in [0.717, 1.165) is 12.8 Å². The van der Waals surface area contributed by atoms with Gasteiger partial charge < -0.3 is 10.4 Å². The van der Waals surface area contributed by atoms with Gasteiger partial charge in [-0.1, -0.05) is 13.0 Å². The molecule has 0 radical (unpaired) electrons. The van der Waals surface area contributed by atoms with Crippen LogP contribution < -0.4 is 5.32 Å². The summed E-state index contributed by atoms with van der Waals surface area (Å²) >= 11 is 0. The number of hydrogen-bond donors (Lipinski definition) is 2. The van der Waals surface area contributed by atoms with Crippen molar-refractivity contribution in [2.24, 2.45) is 5.92 Å². The second kappa shape index (κ2) is 4.06. The molecule has 1 aliphatic rings. The zero-order chi connectivity index (χ0) is 9.14. The van der Waals surface area contributed by atoms with Crippen LogP contribution in [0.2, 0.25) is 0 Å². The first-order valence-electron chi connectivity index (χ1n) is 4.70. The Balaban J connectivity index is 2.44. The summed E-state index contributed by atoms with van der Waals surface area (Å²) < 4.78 is 0. The van der Waals surface area contributed by atoms with E-state index in [1.165, 1.54) is 0 Å². The van der Waals surface area contributed by atoms with Crippen LogP contribution in [0, 0.1) is 5.92 Å². The van der Waals surface area contributed by atoms with Crippen molar-refractivity contribution in [2.75, 3.05) is 0 Å². The quantitative estimate of drug-likeness (QED) is 0.624. The summed E-state index contributed by atoms with van der Waals surface area (Å²) in [5.41, 5.74) is 0. The van der Waals surface area contributed by atoms with Crippen molar-refractivity contribution < 1.29 is 5.11 Å². The molecule has 4 atom stereocenters. The second-order valence-electron chi connectivity index (χ2n) is 3.86. The van der Waals surface area contributed by atoms with Crippen molar-refractivity contribution in [3.05, 3.63) is 12.7 Å². The van der Waals surface area contributed by atoms with Gasteiger partial charge in [0.15, 0.2) is 0 Å². The molecule has 12 heavy (non-hydrogen) atoms. The van der Waals surface area contributed by atoms with Crippen LogP contribution in [0.25, 0.3) is 0 Å². The average Bonchev–Trinajstić information content (AvgIpc) is 2.34. The molecule has 2 heteroatoms. The fraction of sp³-hybridized carbons (Fsp3) is 0.800. The lowest BCUT2D eigenvalue weighted by Crippen LogP contribution is -2.37. The van der Waals surface area contributed by atoms with Crippen molar-refractivity contribution in [2.45, 2.75) is 44.9 Å². The molecule has 0 saturated carbocycles. The molecule has 1 rings (SSSR count). The summed E-state index contributed by atoms with van der Waals surface area (Å²) in [7, 11) is 0. The molecule has 1 fully saturated rings. The molecule has 0 aromatic heterocycles. The van der Waals surface area contributed by atoms with Gasteiger partial charge in [-0.15, -0.1) is 6.58 Å². The molecule has 0 aliphatic carbocycles. The van der Waals surface area contributed by atoms with Crippen molar-refractivity contribution in [1.29, 1.82) is 0 Å². The van der Waals surface area contributed by atoms with Gasteiger partial charge in [-0.2, -0.15) is 0 Å². The Hall–Kier alpha value is -0.340. The van der Waals surface area contributed by atoms with Gasteiger partial charge in [-0.3, -0.25) is 0 Å². The summed E-state index contributed by atoms with van der Waals surface area (Å²) in [6.45, 7) is 7.80. The molecule has 2 N–H and O–H groups in total. The minimum atomic E-state index is -0.234. The van der Waals surface area contributed by atoms with Crippen LogP contribution in [0.3, 0.4) is 0 Å². The number of hydrogen-bond acceptors (Lipinski definition) is 2. The maximum absolute atomic E-state index is 9.37. The molecule has 1 saturated heterocycles. The molecule has 1 heterocycles. The summed E-state index contributed by atoms with van der Waals surface area (Å²) in [6, 6.07) is 0.798. The molecule has 0 bridgehead atoms. The first-order chi connectivity index (χ1) is 5.65. The van der Waals surface area contributed by atoms with Gasteiger partial charge in [0.05, 0.1) is 6.10 Å². The molecular formula is C10H19NO. The third-order valence-electron chi connectivity index (χ3n) is 2.74. The standard InChI is InChI=1S/C10H19NO/c1-4-5-9-7(2)6-10(11-9)8(3)12/h4,7-12H,1,5-6H2,2-3H3/t7-,8+,9?,10?/m0/s1. The Kier molecular flexibility index (Phi) is 3.29. The number of aliphatic hydroxyl groups excluding tert-OH is 1. The van der Waals surface area contributed by atoms with E-state index in [2.05, 4.69) is 18.8 Å². The highest BCUT2D eigenvalue weighted by Crippen LogP contribution is 2.23. The molecule has 2 unspecified atom stereocenters. The zero-order valence-electron chi connectivity index (χ0n) is 7.96. The molecule has 0 amide bonds. The molecule has 0 aromatic carbocycles. The topological polar surface area (TPSA) is 32.3 Å². The molecule has 0 aromatic rings. The third kappa shape index (κ3) is 2.08. The van der Waals surface area contributed by atoms with E-state index in [9.17, 15) is 5.11 Å². The lowest BCUT2D eigenvalue weighted by molar-refractivity contribution is 0.151. The minimum absolute atomic E-state index is 0.234. The number of nitrogens with one attached hydrogen (secondary N) is 1. The van der Waals surface area contributed by atoms with E-state index in [4.69, 9.17) is 0 Å². The van der Waals surface area contributed by atoms with Crippen LogP contribution >= 0.6 is 0 Å². The Morgan fingerprint density at radius 2 is 2.42 bits per heavy atom. The van der Waals surface area contributed by atoms with Crippen LogP contribution in [0.15, 0.2) is 12.7 Å². The lowest BCUT2D eigenvalue weighted by Gasteiger charge is -2.15. The van der Waals surface area contributed by atoms with E-state index in [0.29, 0.717) is 12.0 Å². The van der Waals surface area contributed by atoms with Crippen LogP contribution in [0.5, 0.6) is 0 Å². The SMILES string of the molecule is C=CCC1NC([C@@H](C)O)C[C@@H]1C. The van der Waals surface area contributed by atoms with Crippen LogP contribution in [0.1, 0.15) is 26.7 Å². The van der Waals surface area contributed by atoms with Gasteiger partial charge >= 0.3 is 0 Å². The van der Waals surface area contributed by atoms with Gasteiger partial charge in [0.25, 0.3) is 0 Å². The Bertz CT molecular complexity index is 156. The van der Waals surface area contributed by atoms with E-state index in [1.807, 2.05) is 13.0 Å². The van der Waals surface area contributed by atoms with Gasteiger partial charge in [-0.05, 0) is 25.7 Å². The summed E-state index contributed by atoms with van der Waals surface area (Å²) in [5, 5.41) is 12.8. The highest BCUT2D eigenvalue weighted by atomic mass is 16.3. The van der Waals surface area contributed by atoms with E-state index >= 15 is 0 Å². The van der Waals surface area contributed by atoms with Gasteiger partial charge in [-0.25, -0.2) is 0 Å². The van der Waals surface area contributed by atoms with Gasteiger partial charge in [0.2, 0.25) is 0 Å². The molecule has 2 nitrogen and oxygen atoms in total. The van der Waals surface area contributed by atoms with Crippen molar-refractivity contribution in [3.63, 3.8) is 0 Å². The molecule has 0 spiro atoms. The van der Waals surface area contributed by atoms with E-state index < -0.39 is 0 Å². The highest BCUT2D eigenvalue weighted by molar-refractivity contribution is 4.93. The minimum Gasteiger partial charge on any atom is -0.392 e. The van der Waals surface area contributed by atoms with Gasteiger partial charge in [0.1, 0.15) is 0 Å². The Morgan fingerprint density at radius 3 is 2.83 bits per heavy atom. The Labute approximate surface area is 74.7 Å². The maximum Gasteiger partial charge on any atom is 0.0665 e. The average molecular weight is 169 g/mol. The van der Waals surface area contributed by atoms with Crippen LogP contribution in [-0.2, 0) is 0 Å². The Morgan fingerprint density at radius 1 is 1.75 bits per heavy atom. The monoisotopic (exact) mass is 169 g/mol. The van der Waals surface area contributed by atoms with Crippen LogP contribution in [0.4, 0.5) is 0 Å². The van der Waals surface area contributed by atoms with Gasteiger partial charge in [0, 0.05) is 12.1 Å². The zero-order valence-corrected chi connectivity index (χ0v) is 7.96. The second-order valence-corrected chi connectivity index (χ2v) is 3.86. The third-order valence-corrected chi connectivity index (χ3v) is 2.74. The summed E-state index contributed by atoms with van der Waals surface area (Å²) in [4.78, 5) is 0. The van der Waals surface area contributed by atoms with E-state index in [-0.39, 0.29) is 12.1 Å². The van der Waals surface area contributed by atoms with Crippen LogP contribution in [-0.4, -0.2) is 23.3 Å². The predicted molar refractivity (Wildman–Crippen MR) is 51.0 cm³/mol. The fourth-order valence-corrected chi connectivity index (χ4v) is 1.89. The number of aliphatic hydroxyl groups is 1. The maximum atomic E-state index is 9.37. The number of rotatable bonds is 3. The summed E-state index contributed by atoms with van der Waals surface area (Å²) in [5.74, 6) is 0.655. The molecule has 1 aliphatic heterocycles. The fourth-order valence-electron chi connectivity index (χ4n) is 1.89. The molecular weight excluding hydrogens is 150 g/mol. The van der Waals surface area contributed by atoms with Crippen molar-refractivity contribution in [3.8, 4) is 0 Å². The molecule has 70 valence electrons. The highest BCUT2D eigenvalue weighted by Gasteiger charge is 2.31. The normalized spacial score (nSPS) is 38.1. The van der Waals surface area contributed by atoms with Crippen molar-refractivity contribution >= 4 is 0 Å². The summed E-state index contributed by atoms with van der Waals surface area (Å²) in [6.07, 6.45) is 3.79. The largest absolute Gasteiger partial charge is 0.392 e. The smallest absolute Gasteiger partial charge is 0.0665 e. The van der Waals surface area contributed by atoms with E-state index in [1.54, 1.807) is 0 Å². The lowest BCUT2D eigenvalue weighted by atomic mass is 9.98.